The minimum atomic E-state index is -0.619. The third-order valence-electron chi connectivity index (χ3n) is 4.33. The van der Waals surface area contributed by atoms with Crippen LogP contribution in [-0.2, 0) is 11.3 Å². The molecule has 8 nitrogen and oxygen atoms in total. The first-order valence-corrected chi connectivity index (χ1v) is 8.15. The van der Waals surface area contributed by atoms with Gasteiger partial charge in [-0.05, 0) is 30.7 Å². The van der Waals surface area contributed by atoms with Gasteiger partial charge in [0.05, 0.1) is 0 Å². The summed E-state index contributed by atoms with van der Waals surface area (Å²) in [5.74, 6) is -0.0530. The molecule has 0 saturated heterocycles. The lowest BCUT2D eigenvalue weighted by molar-refractivity contribution is -0.120. The molecular formula is C18H16N6O2. The maximum Gasteiger partial charge on any atom is 0.273 e. The quantitative estimate of drug-likeness (QED) is 0.760. The van der Waals surface area contributed by atoms with E-state index in [1.165, 1.54) is 22.2 Å². The standard InChI is InChI=1S/C18H16N6O2/c1-12-17(25)22-14-6-3-2-5-13(14)9-23(12)18(26)15-7-4-8-16(21-15)24-11-19-10-20-24/h2-8,10-12H,9H2,1H3,(H,22,25). The number of fused-ring (bicyclic) bond motifs is 1. The Kier molecular flexibility index (Phi) is 3.92. The monoisotopic (exact) mass is 348 g/mol. The van der Waals surface area contributed by atoms with Crippen molar-refractivity contribution in [3.05, 3.63) is 66.4 Å². The normalized spacial score (nSPS) is 16.6. The number of benzene rings is 1. The maximum atomic E-state index is 13.1. The molecule has 0 bridgehead atoms. The number of rotatable bonds is 2. The highest BCUT2D eigenvalue weighted by molar-refractivity contribution is 6.01. The van der Waals surface area contributed by atoms with E-state index in [-0.39, 0.29) is 17.5 Å². The van der Waals surface area contributed by atoms with Crippen LogP contribution in [0, 0.1) is 0 Å². The smallest absolute Gasteiger partial charge is 0.273 e. The summed E-state index contributed by atoms with van der Waals surface area (Å²) in [5, 5.41) is 6.89. The summed E-state index contributed by atoms with van der Waals surface area (Å²) in [6.45, 7) is 2.03. The van der Waals surface area contributed by atoms with Gasteiger partial charge >= 0.3 is 0 Å². The highest BCUT2D eigenvalue weighted by Crippen LogP contribution is 2.24. The van der Waals surface area contributed by atoms with E-state index in [0.29, 0.717) is 12.4 Å². The van der Waals surface area contributed by atoms with E-state index in [4.69, 9.17) is 0 Å². The van der Waals surface area contributed by atoms with Crippen LogP contribution in [0.2, 0.25) is 0 Å². The zero-order chi connectivity index (χ0) is 18.1. The van der Waals surface area contributed by atoms with E-state index in [0.717, 1.165) is 11.3 Å². The van der Waals surface area contributed by atoms with Gasteiger partial charge in [-0.2, -0.15) is 5.10 Å². The van der Waals surface area contributed by atoms with Crippen LogP contribution in [0.4, 0.5) is 5.69 Å². The molecule has 1 aromatic carbocycles. The van der Waals surface area contributed by atoms with Gasteiger partial charge in [0.25, 0.3) is 5.91 Å². The summed E-state index contributed by atoms with van der Waals surface area (Å²) in [7, 11) is 0. The van der Waals surface area contributed by atoms with Gasteiger partial charge in [-0.3, -0.25) is 9.59 Å². The molecule has 1 atom stereocenters. The fraction of sp³-hybridized carbons (Fsp3) is 0.167. The van der Waals surface area contributed by atoms with Crippen molar-refractivity contribution in [2.24, 2.45) is 0 Å². The number of carbonyl (C=O) groups excluding carboxylic acids is 2. The molecular weight excluding hydrogens is 332 g/mol. The molecule has 0 saturated carbocycles. The topological polar surface area (TPSA) is 93.0 Å². The molecule has 1 N–H and O–H groups in total. The molecule has 0 aliphatic carbocycles. The average Bonchev–Trinajstić information content (AvgIpc) is 3.17. The Morgan fingerprint density at radius 1 is 1.19 bits per heavy atom. The van der Waals surface area contributed by atoms with Gasteiger partial charge in [0, 0.05) is 12.2 Å². The number of anilines is 1. The van der Waals surface area contributed by atoms with Gasteiger partial charge in [-0.15, -0.1) is 0 Å². The molecule has 8 heteroatoms. The number of hydrogen-bond donors (Lipinski definition) is 1. The summed E-state index contributed by atoms with van der Waals surface area (Å²) in [6.07, 6.45) is 2.91. The largest absolute Gasteiger partial charge is 0.324 e. The summed E-state index contributed by atoms with van der Waals surface area (Å²) < 4.78 is 1.48. The number of aromatic nitrogens is 4. The van der Waals surface area contributed by atoms with E-state index in [2.05, 4.69) is 20.4 Å². The highest BCUT2D eigenvalue weighted by atomic mass is 16.2. The van der Waals surface area contributed by atoms with Gasteiger partial charge in [-0.25, -0.2) is 14.6 Å². The molecule has 0 radical (unpaired) electrons. The molecule has 2 amide bonds. The first kappa shape index (κ1) is 15.9. The van der Waals surface area contributed by atoms with Crippen molar-refractivity contribution in [1.82, 2.24) is 24.6 Å². The summed E-state index contributed by atoms with van der Waals surface area (Å²) in [6, 6.07) is 11.9. The lowest BCUT2D eigenvalue weighted by atomic mass is 10.1. The summed E-state index contributed by atoms with van der Waals surface area (Å²) in [5.41, 5.74) is 1.85. The van der Waals surface area contributed by atoms with Gasteiger partial charge < -0.3 is 10.2 Å². The fourth-order valence-corrected chi connectivity index (χ4v) is 2.87. The van der Waals surface area contributed by atoms with Crippen LogP contribution >= 0.6 is 0 Å². The van der Waals surface area contributed by atoms with Crippen LogP contribution in [0.5, 0.6) is 0 Å². The van der Waals surface area contributed by atoms with Crippen LogP contribution in [0.25, 0.3) is 5.82 Å². The molecule has 0 fully saturated rings. The number of nitrogens with zero attached hydrogens (tertiary/aromatic N) is 5. The number of nitrogens with one attached hydrogen (secondary N) is 1. The molecule has 1 aliphatic rings. The molecule has 26 heavy (non-hydrogen) atoms. The maximum absolute atomic E-state index is 13.1. The summed E-state index contributed by atoms with van der Waals surface area (Å²) >= 11 is 0. The average molecular weight is 348 g/mol. The first-order valence-electron chi connectivity index (χ1n) is 8.15. The Labute approximate surface area is 149 Å². The molecule has 4 rings (SSSR count). The van der Waals surface area contributed by atoms with Crippen LogP contribution < -0.4 is 5.32 Å². The van der Waals surface area contributed by atoms with Crippen LogP contribution in [0.15, 0.2) is 55.1 Å². The Balaban J connectivity index is 1.69. The van der Waals surface area contributed by atoms with Crippen molar-refractivity contribution in [2.75, 3.05) is 5.32 Å². The molecule has 2 aromatic heterocycles. The lowest BCUT2D eigenvalue weighted by Crippen LogP contribution is -2.43. The van der Waals surface area contributed by atoms with Crippen molar-refractivity contribution in [1.29, 1.82) is 0 Å². The van der Waals surface area contributed by atoms with Crippen LogP contribution in [-0.4, -0.2) is 42.5 Å². The van der Waals surface area contributed by atoms with E-state index in [1.54, 1.807) is 25.1 Å². The van der Waals surface area contributed by atoms with Crippen LogP contribution in [0.1, 0.15) is 23.0 Å². The third kappa shape index (κ3) is 2.81. The molecule has 3 heterocycles. The first-order chi connectivity index (χ1) is 12.6. The highest BCUT2D eigenvalue weighted by Gasteiger charge is 2.31. The Morgan fingerprint density at radius 2 is 2.04 bits per heavy atom. The minimum absolute atomic E-state index is 0.226. The number of amides is 2. The Bertz CT molecular complexity index is 969. The SMILES string of the molecule is CC1C(=O)Nc2ccccc2CN1C(=O)c1cccc(-n2cncn2)n1. The van der Waals surface area contributed by atoms with Crippen molar-refractivity contribution >= 4 is 17.5 Å². The molecule has 1 aliphatic heterocycles. The second-order valence-electron chi connectivity index (χ2n) is 5.98. The third-order valence-corrected chi connectivity index (χ3v) is 4.33. The molecule has 130 valence electrons. The van der Waals surface area contributed by atoms with Crippen LogP contribution in [0.3, 0.4) is 0 Å². The van der Waals surface area contributed by atoms with Gasteiger partial charge in [0.1, 0.15) is 24.4 Å². The van der Waals surface area contributed by atoms with E-state index in [9.17, 15) is 9.59 Å². The van der Waals surface area contributed by atoms with Crippen molar-refractivity contribution in [3.63, 3.8) is 0 Å². The van der Waals surface area contributed by atoms with Gasteiger partial charge in [0.2, 0.25) is 5.91 Å². The van der Waals surface area contributed by atoms with E-state index >= 15 is 0 Å². The van der Waals surface area contributed by atoms with E-state index in [1.807, 2.05) is 24.3 Å². The number of hydrogen-bond acceptors (Lipinski definition) is 5. The minimum Gasteiger partial charge on any atom is -0.324 e. The van der Waals surface area contributed by atoms with E-state index < -0.39 is 6.04 Å². The Morgan fingerprint density at radius 3 is 2.85 bits per heavy atom. The van der Waals surface area contributed by atoms with Gasteiger partial charge in [0.15, 0.2) is 5.82 Å². The predicted octanol–water partition coefficient (Wildman–Crippen LogP) is 1.65. The second kappa shape index (κ2) is 6.40. The number of pyridine rings is 1. The molecule has 3 aromatic rings. The van der Waals surface area contributed by atoms with Crippen molar-refractivity contribution < 1.29 is 9.59 Å². The fourth-order valence-electron chi connectivity index (χ4n) is 2.87. The second-order valence-corrected chi connectivity index (χ2v) is 5.98. The zero-order valence-electron chi connectivity index (χ0n) is 14.0. The molecule has 1 unspecified atom stereocenters. The molecule has 0 spiro atoms. The lowest BCUT2D eigenvalue weighted by Gasteiger charge is -2.25. The van der Waals surface area contributed by atoms with Crippen molar-refractivity contribution in [3.8, 4) is 5.82 Å². The number of carbonyl (C=O) groups is 2. The Hall–Kier alpha value is -3.55. The number of para-hydroxylation sites is 1. The van der Waals surface area contributed by atoms with Gasteiger partial charge in [-0.1, -0.05) is 24.3 Å². The summed E-state index contributed by atoms with van der Waals surface area (Å²) in [4.78, 5) is 35.3. The zero-order valence-corrected chi connectivity index (χ0v) is 14.0. The van der Waals surface area contributed by atoms with Crippen molar-refractivity contribution in [2.45, 2.75) is 19.5 Å². The predicted molar refractivity (Wildman–Crippen MR) is 93.6 cm³/mol.